The van der Waals surface area contributed by atoms with Gasteiger partial charge in [-0.2, -0.15) is 0 Å². The number of rotatable bonds is 9. The fourth-order valence-electron chi connectivity index (χ4n) is 4.61. The minimum absolute atomic E-state index is 0.0514. The van der Waals surface area contributed by atoms with E-state index >= 15 is 0 Å². The number of aryl methyl sites for hydroxylation is 1. The van der Waals surface area contributed by atoms with Gasteiger partial charge < -0.3 is 13.9 Å². The van der Waals surface area contributed by atoms with Gasteiger partial charge in [0.15, 0.2) is 0 Å². The molecule has 1 atom stereocenters. The molecule has 34 heavy (non-hydrogen) atoms. The van der Waals surface area contributed by atoms with Gasteiger partial charge in [0.25, 0.3) is 0 Å². The van der Waals surface area contributed by atoms with Crippen LogP contribution < -0.4 is 4.74 Å². The number of esters is 1. The molecule has 0 radical (unpaired) electrons. The smallest absolute Gasteiger partial charge is 0.313 e. The first kappa shape index (κ1) is 24.0. The summed E-state index contributed by atoms with van der Waals surface area (Å²) >= 11 is 0. The fraction of sp³-hybridized carbons (Fsp3) is 0.429. The van der Waals surface area contributed by atoms with Crippen LogP contribution in [0.25, 0.3) is 11.5 Å². The molecule has 0 N–H and O–H groups in total. The molecule has 6 nitrogen and oxygen atoms in total. The summed E-state index contributed by atoms with van der Waals surface area (Å²) in [5, 5.41) is 0. The maximum atomic E-state index is 12.6. The van der Waals surface area contributed by atoms with E-state index in [1.807, 2.05) is 56.3 Å². The monoisotopic (exact) mass is 462 g/mol. The van der Waals surface area contributed by atoms with Crippen LogP contribution in [0.2, 0.25) is 0 Å². The Kier molecular flexibility index (Phi) is 7.68. The summed E-state index contributed by atoms with van der Waals surface area (Å²) in [6.07, 6.45) is 2.72. The first-order valence-corrected chi connectivity index (χ1v) is 12.2. The molecule has 1 saturated heterocycles. The first-order valence-electron chi connectivity index (χ1n) is 12.2. The second-order valence-corrected chi connectivity index (χ2v) is 8.99. The molecule has 1 unspecified atom stereocenters. The number of piperidine rings is 1. The average molecular weight is 463 g/mol. The number of nitrogens with zero attached hydrogens (tertiary/aromatic N) is 2. The number of benzene rings is 2. The average Bonchev–Trinajstić information content (AvgIpc) is 3.25. The SMILES string of the molecule is CCOC(=O)C1(CC)CCCN(Cc2ccc(OCc3nc(-c4ccccc4)oc3C)cc2)C1. The fourth-order valence-corrected chi connectivity index (χ4v) is 4.61. The minimum Gasteiger partial charge on any atom is -0.487 e. The van der Waals surface area contributed by atoms with E-state index in [1.54, 1.807) is 0 Å². The third-order valence-electron chi connectivity index (χ3n) is 6.66. The van der Waals surface area contributed by atoms with Gasteiger partial charge in [0, 0.05) is 18.7 Å². The molecule has 0 aliphatic carbocycles. The predicted octanol–water partition coefficient (Wildman–Crippen LogP) is 5.78. The number of likely N-dealkylation sites (tertiary alicyclic amines) is 1. The standard InChI is InChI=1S/C28H34N2O4/c1-4-28(27(31)32-5-2)16-9-17-30(20-28)18-22-12-14-24(15-13-22)33-19-25-21(3)34-26(29-25)23-10-7-6-8-11-23/h6-8,10-15H,4-5,9,16-20H2,1-3H3. The number of hydrogen-bond acceptors (Lipinski definition) is 6. The highest BCUT2D eigenvalue weighted by Crippen LogP contribution is 2.35. The predicted molar refractivity (Wildman–Crippen MR) is 131 cm³/mol. The lowest BCUT2D eigenvalue weighted by atomic mass is 9.77. The van der Waals surface area contributed by atoms with Crippen molar-refractivity contribution in [3.05, 3.63) is 71.6 Å². The molecule has 180 valence electrons. The zero-order valence-electron chi connectivity index (χ0n) is 20.4. The van der Waals surface area contributed by atoms with Gasteiger partial charge in [-0.3, -0.25) is 9.69 Å². The number of hydrogen-bond donors (Lipinski definition) is 0. The van der Waals surface area contributed by atoms with Crippen molar-refractivity contribution in [3.63, 3.8) is 0 Å². The summed E-state index contributed by atoms with van der Waals surface area (Å²) in [6.45, 7) is 9.21. The molecular weight excluding hydrogens is 428 g/mol. The Balaban J connectivity index is 1.34. The normalized spacial score (nSPS) is 18.6. The zero-order valence-corrected chi connectivity index (χ0v) is 20.4. The molecule has 1 aromatic heterocycles. The van der Waals surface area contributed by atoms with E-state index in [2.05, 4.69) is 28.9 Å². The van der Waals surface area contributed by atoms with Crippen molar-refractivity contribution in [2.75, 3.05) is 19.7 Å². The van der Waals surface area contributed by atoms with Crippen molar-refractivity contribution < 1.29 is 18.7 Å². The van der Waals surface area contributed by atoms with Crippen LogP contribution >= 0.6 is 0 Å². The summed E-state index contributed by atoms with van der Waals surface area (Å²) in [5.41, 5.74) is 2.57. The number of carbonyl (C=O) groups excluding carboxylic acids is 1. The minimum atomic E-state index is -0.384. The van der Waals surface area contributed by atoms with Crippen LogP contribution in [-0.4, -0.2) is 35.5 Å². The summed E-state index contributed by atoms with van der Waals surface area (Å²) in [7, 11) is 0. The molecule has 0 saturated carbocycles. The van der Waals surface area contributed by atoms with Crippen LogP contribution in [0, 0.1) is 12.3 Å². The van der Waals surface area contributed by atoms with Gasteiger partial charge in [-0.25, -0.2) is 4.98 Å². The molecule has 2 heterocycles. The summed E-state index contributed by atoms with van der Waals surface area (Å²) in [6, 6.07) is 18.0. The molecular formula is C28H34N2O4. The number of oxazole rings is 1. The molecule has 6 heteroatoms. The Hall–Kier alpha value is -3.12. The maximum Gasteiger partial charge on any atom is 0.313 e. The highest BCUT2D eigenvalue weighted by molar-refractivity contribution is 5.77. The van der Waals surface area contributed by atoms with E-state index in [1.165, 1.54) is 5.56 Å². The van der Waals surface area contributed by atoms with Crippen molar-refractivity contribution in [2.24, 2.45) is 5.41 Å². The zero-order chi connectivity index (χ0) is 24.0. The molecule has 0 amide bonds. The molecule has 0 spiro atoms. The van der Waals surface area contributed by atoms with Crippen LogP contribution in [0.5, 0.6) is 5.75 Å². The van der Waals surface area contributed by atoms with Gasteiger partial charge >= 0.3 is 5.97 Å². The third kappa shape index (κ3) is 5.50. The highest BCUT2D eigenvalue weighted by Gasteiger charge is 2.41. The van der Waals surface area contributed by atoms with E-state index in [9.17, 15) is 4.79 Å². The Labute approximate surface area is 201 Å². The quantitative estimate of drug-likeness (QED) is 0.375. The molecule has 2 aromatic carbocycles. The second kappa shape index (κ2) is 10.9. The van der Waals surface area contributed by atoms with Gasteiger partial charge in [-0.1, -0.05) is 37.3 Å². The van der Waals surface area contributed by atoms with Crippen LogP contribution in [0.3, 0.4) is 0 Å². The van der Waals surface area contributed by atoms with E-state index in [4.69, 9.17) is 13.9 Å². The van der Waals surface area contributed by atoms with E-state index in [0.29, 0.717) is 19.1 Å². The van der Waals surface area contributed by atoms with E-state index in [-0.39, 0.29) is 11.4 Å². The topological polar surface area (TPSA) is 64.8 Å². The third-order valence-corrected chi connectivity index (χ3v) is 6.66. The largest absolute Gasteiger partial charge is 0.487 e. The van der Waals surface area contributed by atoms with E-state index < -0.39 is 0 Å². The van der Waals surface area contributed by atoms with Crippen molar-refractivity contribution in [2.45, 2.75) is 53.2 Å². The van der Waals surface area contributed by atoms with Gasteiger partial charge in [0.05, 0.1) is 12.0 Å². The van der Waals surface area contributed by atoms with E-state index in [0.717, 1.165) is 61.7 Å². The lowest BCUT2D eigenvalue weighted by Gasteiger charge is -2.40. The number of aromatic nitrogens is 1. The van der Waals surface area contributed by atoms with Gasteiger partial charge in [0.1, 0.15) is 23.8 Å². The molecule has 1 aliphatic heterocycles. The van der Waals surface area contributed by atoms with Crippen LogP contribution in [0.15, 0.2) is 59.0 Å². The lowest BCUT2D eigenvalue weighted by Crippen LogP contribution is -2.47. The summed E-state index contributed by atoms with van der Waals surface area (Å²) in [4.78, 5) is 19.6. The molecule has 4 rings (SSSR count). The summed E-state index contributed by atoms with van der Waals surface area (Å²) in [5.74, 6) is 2.12. The highest BCUT2D eigenvalue weighted by atomic mass is 16.5. The lowest BCUT2D eigenvalue weighted by molar-refractivity contribution is -0.159. The Morgan fingerprint density at radius 3 is 2.59 bits per heavy atom. The van der Waals surface area contributed by atoms with Crippen LogP contribution in [0.1, 0.15) is 50.1 Å². The van der Waals surface area contributed by atoms with Crippen molar-refractivity contribution in [3.8, 4) is 17.2 Å². The Morgan fingerprint density at radius 2 is 1.88 bits per heavy atom. The van der Waals surface area contributed by atoms with Crippen LogP contribution in [0.4, 0.5) is 0 Å². The van der Waals surface area contributed by atoms with Crippen LogP contribution in [-0.2, 0) is 22.7 Å². The number of carbonyl (C=O) groups is 1. The first-order chi connectivity index (χ1) is 16.5. The van der Waals surface area contributed by atoms with Gasteiger partial charge in [-0.15, -0.1) is 0 Å². The van der Waals surface area contributed by atoms with Crippen molar-refractivity contribution in [1.82, 2.24) is 9.88 Å². The number of ether oxygens (including phenoxy) is 2. The van der Waals surface area contributed by atoms with Gasteiger partial charge in [0.2, 0.25) is 5.89 Å². The molecule has 1 aliphatic rings. The van der Waals surface area contributed by atoms with Crippen molar-refractivity contribution in [1.29, 1.82) is 0 Å². The Bertz CT molecular complexity index is 1080. The van der Waals surface area contributed by atoms with Gasteiger partial charge in [-0.05, 0) is 69.5 Å². The second-order valence-electron chi connectivity index (χ2n) is 8.99. The molecule has 0 bridgehead atoms. The molecule has 3 aromatic rings. The summed E-state index contributed by atoms with van der Waals surface area (Å²) < 4.78 is 17.2. The van der Waals surface area contributed by atoms with Crippen molar-refractivity contribution >= 4 is 5.97 Å². The molecule has 1 fully saturated rings. The maximum absolute atomic E-state index is 12.6. The Morgan fingerprint density at radius 1 is 1.12 bits per heavy atom.